The van der Waals surface area contributed by atoms with E-state index in [1.54, 1.807) is 0 Å². The zero-order valence-corrected chi connectivity index (χ0v) is 12.2. The lowest BCUT2D eigenvalue weighted by molar-refractivity contribution is -0.121. The van der Waals surface area contributed by atoms with Crippen molar-refractivity contribution in [1.82, 2.24) is 5.32 Å². The molecule has 1 unspecified atom stereocenters. The van der Waals surface area contributed by atoms with Crippen LogP contribution in [-0.2, 0) is 4.79 Å². The molecule has 3 heteroatoms. The Labute approximate surface area is 111 Å². The smallest absolute Gasteiger partial charge is 0.220 e. The second-order valence-corrected chi connectivity index (χ2v) is 5.01. The van der Waals surface area contributed by atoms with Gasteiger partial charge in [0.05, 0.1) is 0 Å². The third-order valence-corrected chi connectivity index (χ3v) is 3.42. The van der Waals surface area contributed by atoms with Crippen LogP contribution in [0.4, 0.5) is 0 Å². The van der Waals surface area contributed by atoms with Gasteiger partial charge in [0.15, 0.2) is 0 Å². The number of alkyl halides is 1. The van der Waals surface area contributed by atoms with E-state index in [0.29, 0.717) is 12.3 Å². The van der Waals surface area contributed by atoms with E-state index in [2.05, 4.69) is 12.2 Å². The number of unbranched alkanes of at least 4 members (excludes halogenated alkanes) is 6. The third-order valence-electron chi connectivity index (χ3n) is 3.05. The fourth-order valence-electron chi connectivity index (χ4n) is 1.79. The van der Waals surface area contributed by atoms with Gasteiger partial charge in [0.1, 0.15) is 0 Å². The van der Waals surface area contributed by atoms with E-state index in [1.165, 1.54) is 38.5 Å². The van der Waals surface area contributed by atoms with Crippen molar-refractivity contribution < 1.29 is 4.79 Å². The van der Waals surface area contributed by atoms with E-state index in [9.17, 15) is 4.79 Å². The summed E-state index contributed by atoms with van der Waals surface area (Å²) in [5.41, 5.74) is 0. The Hall–Kier alpha value is -0.240. The number of carbonyl (C=O) groups is 1. The monoisotopic (exact) mass is 261 g/mol. The first-order valence-electron chi connectivity index (χ1n) is 7.09. The second kappa shape index (κ2) is 12.2. The van der Waals surface area contributed by atoms with Crippen LogP contribution >= 0.6 is 11.6 Å². The minimum absolute atomic E-state index is 0.147. The van der Waals surface area contributed by atoms with E-state index in [0.717, 1.165) is 12.8 Å². The molecule has 1 N–H and O–H groups in total. The Morgan fingerprint density at radius 2 is 1.65 bits per heavy atom. The molecule has 17 heavy (non-hydrogen) atoms. The van der Waals surface area contributed by atoms with Gasteiger partial charge in [-0.25, -0.2) is 0 Å². The molecule has 0 aliphatic carbocycles. The van der Waals surface area contributed by atoms with E-state index in [1.807, 2.05) is 6.92 Å². The molecule has 0 heterocycles. The van der Waals surface area contributed by atoms with Gasteiger partial charge >= 0.3 is 0 Å². The quantitative estimate of drug-likeness (QED) is 0.437. The first kappa shape index (κ1) is 16.8. The molecular formula is C14H28ClNO. The van der Waals surface area contributed by atoms with E-state index < -0.39 is 0 Å². The molecule has 0 spiro atoms. The lowest BCUT2D eigenvalue weighted by Gasteiger charge is -2.13. The number of hydrogen-bond acceptors (Lipinski definition) is 1. The molecule has 2 nitrogen and oxygen atoms in total. The number of rotatable bonds is 11. The normalized spacial score (nSPS) is 12.4. The van der Waals surface area contributed by atoms with Gasteiger partial charge in [-0.15, -0.1) is 11.6 Å². The third kappa shape index (κ3) is 10.6. The molecule has 0 aliphatic rings. The summed E-state index contributed by atoms with van der Waals surface area (Å²) in [5, 5.41) is 2.96. The summed E-state index contributed by atoms with van der Waals surface area (Å²) in [4.78, 5) is 11.5. The summed E-state index contributed by atoms with van der Waals surface area (Å²) >= 11 is 5.73. The van der Waals surface area contributed by atoms with Gasteiger partial charge < -0.3 is 5.32 Å². The summed E-state index contributed by atoms with van der Waals surface area (Å²) in [7, 11) is 0. The zero-order chi connectivity index (χ0) is 12.9. The highest BCUT2D eigenvalue weighted by atomic mass is 35.5. The Kier molecular flexibility index (Phi) is 12.1. The van der Waals surface area contributed by atoms with E-state index in [4.69, 9.17) is 11.6 Å². The fraction of sp³-hybridized carbons (Fsp3) is 0.929. The molecule has 0 rings (SSSR count). The molecule has 0 radical (unpaired) electrons. The summed E-state index contributed by atoms with van der Waals surface area (Å²) < 4.78 is 0. The molecule has 0 fully saturated rings. The first-order chi connectivity index (χ1) is 8.24. The second-order valence-electron chi connectivity index (χ2n) is 4.70. The number of amides is 1. The minimum atomic E-state index is 0.147. The van der Waals surface area contributed by atoms with Gasteiger partial charge in [-0.2, -0.15) is 0 Å². The van der Waals surface area contributed by atoms with Crippen molar-refractivity contribution in [2.75, 3.05) is 5.88 Å². The van der Waals surface area contributed by atoms with Gasteiger partial charge in [0, 0.05) is 18.3 Å². The summed E-state index contributed by atoms with van der Waals surface area (Å²) in [6.45, 7) is 4.27. The van der Waals surface area contributed by atoms with Crippen LogP contribution in [0.25, 0.3) is 0 Å². The largest absolute Gasteiger partial charge is 0.352 e. The highest BCUT2D eigenvalue weighted by Gasteiger charge is 2.08. The lowest BCUT2D eigenvalue weighted by Crippen LogP contribution is -2.35. The van der Waals surface area contributed by atoms with Crippen molar-refractivity contribution in [2.45, 2.75) is 77.7 Å². The number of halogens is 1. The Bertz CT molecular complexity index is 181. The Balaban J connectivity index is 3.33. The average Bonchev–Trinajstić information content (AvgIpc) is 2.34. The number of carbonyl (C=O) groups excluding carboxylic acids is 1. The van der Waals surface area contributed by atoms with Crippen LogP contribution < -0.4 is 5.32 Å². The molecule has 102 valence electrons. The summed E-state index contributed by atoms with van der Waals surface area (Å²) in [6.07, 6.45) is 10.3. The van der Waals surface area contributed by atoms with Gasteiger partial charge in [-0.1, -0.05) is 52.4 Å². The molecule has 0 bridgehead atoms. The molecule has 1 amide bonds. The zero-order valence-electron chi connectivity index (χ0n) is 11.4. The van der Waals surface area contributed by atoms with Crippen molar-refractivity contribution in [2.24, 2.45) is 0 Å². The molecule has 0 aliphatic heterocycles. The topological polar surface area (TPSA) is 29.1 Å². The highest BCUT2D eigenvalue weighted by molar-refractivity contribution is 6.18. The Morgan fingerprint density at radius 1 is 1.06 bits per heavy atom. The Morgan fingerprint density at radius 3 is 2.18 bits per heavy atom. The van der Waals surface area contributed by atoms with E-state index in [-0.39, 0.29) is 11.9 Å². The van der Waals surface area contributed by atoms with Crippen LogP contribution in [-0.4, -0.2) is 17.8 Å². The van der Waals surface area contributed by atoms with Gasteiger partial charge in [0.2, 0.25) is 5.91 Å². The molecule has 0 saturated heterocycles. The van der Waals surface area contributed by atoms with Crippen molar-refractivity contribution in [3.8, 4) is 0 Å². The predicted octanol–water partition coefficient (Wildman–Crippen LogP) is 4.26. The molecule has 0 aromatic rings. The van der Waals surface area contributed by atoms with Crippen molar-refractivity contribution in [1.29, 1.82) is 0 Å². The van der Waals surface area contributed by atoms with Gasteiger partial charge in [-0.05, 0) is 12.8 Å². The van der Waals surface area contributed by atoms with Gasteiger partial charge in [0.25, 0.3) is 0 Å². The first-order valence-corrected chi connectivity index (χ1v) is 7.63. The number of nitrogens with one attached hydrogen (secondary N) is 1. The lowest BCUT2D eigenvalue weighted by atomic mass is 10.1. The molecule has 0 aromatic heterocycles. The summed E-state index contributed by atoms with van der Waals surface area (Å²) in [5.74, 6) is 0.672. The number of hydrogen-bond donors (Lipinski definition) is 1. The standard InChI is InChI=1S/C14H28ClNO/c1-3-5-6-7-8-9-10-11-14(17)16-13(4-2)12-15/h13H,3-12H2,1-2H3,(H,16,17). The van der Waals surface area contributed by atoms with Crippen LogP contribution in [0.1, 0.15) is 71.6 Å². The van der Waals surface area contributed by atoms with Gasteiger partial charge in [-0.3, -0.25) is 4.79 Å². The maximum atomic E-state index is 11.5. The fourth-order valence-corrected chi connectivity index (χ4v) is 2.09. The minimum Gasteiger partial charge on any atom is -0.352 e. The van der Waals surface area contributed by atoms with E-state index >= 15 is 0 Å². The summed E-state index contributed by atoms with van der Waals surface area (Å²) in [6, 6.07) is 0.147. The van der Waals surface area contributed by atoms with Crippen molar-refractivity contribution in [3.05, 3.63) is 0 Å². The van der Waals surface area contributed by atoms with Crippen LogP contribution in [0.5, 0.6) is 0 Å². The molecule has 0 saturated carbocycles. The van der Waals surface area contributed by atoms with Crippen molar-refractivity contribution in [3.63, 3.8) is 0 Å². The van der Waals surface area contributed by atoms with Crippen LogP contribution in [0.15, 0.2) is 0 Å². The SMILES string of the molecule is CCCCCCCCCC(=O)NC(CC)CCl. The van der Waals surface area contributed by atoms with Crippen LogP contribution in [0.2, 0.25) is 0 Å². The highest BCUT2D eigenvalue weighted by Crippen LogP contribution is 2.08. The molecular weight excluding hydrogens is 234 g/mol. The predicted molar refractivity (Wildman–Crippen MR) is 75.6 cm³/mol. The maximum Gasteiger partial charge on any atom is 0.220 e. The van der Waals surface area contributed by atoms with Crippen LogP contribution in [0.3, 0.4) is 0 Å². The van der Waals surface area contributed by atoms with Crippen LogP contribution in [0, 0.1) is 0 Å². The molecule has 0 aromatic carbocycles. The average molecular weight is 262 g/mol. The maximum absolute atomic E-state index is 11.5. The van der Waals surface area contributed by atoms with Crippen molar-refractivity contribution >= 4 is 17.5 Å². The molecule has 1 atom stereocenters.